The second-order valence-corrected chi connectivity index (χ2v) is 5.48. The van der Waals surface area contributed by atoms with Crippen LogP contribution in [0.1, 0.15) is 28.0 Å². The molecule has 0 unspecified atom stereocenters. The molecule has 0 atom stereocenters. The number of ether oxygens (including phenoxy) is 1. The predicted molar refractivity (Wildman–Crippen MR) is 79.5 cm³/mol. The number of hydrogen-bond acceptors (Lipinski definition) is 6. The fourth-order valence-electron chi connectivity index (χ4n) is 2.11. The Hall–Kier alpha value is -2.28. The number of thiazole rings is 1. The van der Waals surface area contributed by atoms with E-state index in [0.29, 0.717) is 11.5 Å². The van der Waals surface area contributed by atoms with Crippen molar-refractivity contribution >= 4 is 22.3 Å². The van der Waals surface area contributed by atoms with E-state index in [4.69, 9.17) is 4.74 Å². The van der Waals surface area contributed by atoms with Crippen LogP contribution < -0.4 is 0 Å². The molecule has 3 aromatic rings. The Bertz CT molecular complexity index is 822. The lowest BCUT2D eigenvalue weighted by Gasteiger charge is -2.00. The minimum atomic E-state index is -0.303. The Morgan fingerprint density at radius 3 is 2.76 bits per heavy atom. The van der Waals surface area contributed by atoms with Gasteiger partial charge in [-0.2, -0.15) is 0 Å². The molecule has 0 bridgehead atoms. The highest BCUT2D eigenvalue weighted by Crippen LogP contribution is 2.27. The van der Waals surface area contributed by atoms with E-state index in [9.17, 15) is 4.79 Å². The highest BCUT2D eigenvalue weighted by molar-refractivity contribution is 7.19. The van der Waals surface area contributed by atoms with Gasteiger partial charge in [-0.1, -0.05) is 11.3 Å². The number of esters is 1. The molecule has 0 aliphatic rings. The number of aromatic nitrogens is 4. The molecule has 6 nitrogen and oxygen atoms in total. The van der Waals surface area contributed by atoms with Crippen molar-refractivity contribution in [2.24, 2.45) is 0 Å². The van der Waals surface area contributed by atoms with Crippen molar-refractivity contribution < 1.29 is 9.53 Å². The van der Waals surface area contributed by atoms with Gasteiger partial charge in [-0.25, -0.2) is 9.78 Å². The van der Waals surface area contributed by atoms with Crippen molar-refractivity contribution in [3.8, 4) is 11.4 Å². The van der Waals surface area contributed by atoms with Gasteiger partial charge in [0.2, 0.25) is 0 Å². The zero-order valence-electron chi connectivity index (χ0n) is 12.0. The third-order valence-corrected chi connectivity index (χ3v) is 4.28. The second kappa shape index (κ2) is 5.25. The molecule has 0 saturated heterocycles. The number of carbonyl (C=O) groups is 1. The summed E-state index contributed by atoms with van der Waals surface area (Å²) in [5, 5.41) is 0. The van der Waals surface area contributed by atoms with Crippen molar-refractivity contribution in [1.82, 2.24) is 19.4 Å². The van der Waals surface area contributed by atoms with Crippen LogP contribution in [0.25, 0.3) is 16.3 Å². The second-order valence-electron chi connectivity index (χ2n) is 4.51. The average molecular weight is 302 g/mol. The van der Waals surface area contributed by atoms with Gasteiger partial charge >= 0.3 is 5.97 Å². The van der Waals surface area contributed by atoms with Crippen LogP contribution in [0, 0.1) is 13.8 Å². The van der Waals surface area contributed by atoms with Crippen molar-refractivity contribution in [2.75, 3.05) is 6.61 Å². The third-order valence-electron chi connectivity index (χ3n) is 3.14. The number of fused-ring (bicyclic) bond motifs is 1. The van der Waals surface area contributed by atoms with Gasteiger partial charge in [0.05, 0.1) is 12.3 Å². The first kappa shape index (κ1) is 13.7. The zero-order valence-corrected chi connectivity index (χ0v) is 12.8. The minimum Gasteiger partial charge on any atom is -0.462 e. The molecule has 0 aliphatic heterocycles. The molecular formula is C14H14N4O2S. The van der Waals surface area contributed by atoms with Crippen LogP contribution in [0.5, 0.6) is 0 Å². The Kier molecular flexibility index (Phi) is 3.42. The van der Waals surface area contributed by atoms with Crippen molar-refractivity contribution in [3.05, 3.63) is 34.9 Å². The summed E-state index contributed by atoms with van der Waals surface area (Å²) in [6, 6.07) is 0. The summed E-state index contributed by atoms with van der Waals surface area (Å²) in [5.74, 6) is -0.303. The van der Waals surface area contributed by atoms with Crippen LogP contribution in [0.4, 0.5) is 0 Å². The van der Waals surface area contributed by atoms with E-state index in [0.717, 1.165) is 27.7 Å². The molecular weight excluding hydrogens is 288 g/mol. The molecule has 108 valence electrons. The summed E-state index contributed by atoms with van der Waals surface area (Å²) in [6.45, 7) is 5.93. The van der Waals surface area contributed by atoms with Gasteiger partial charge in [0, 0.05) is 24.3 Å². The minimum absolute atomic E-state index is 0.303. The maximum Gasteiger partial charge on any atom is 0.350 e. The monoisotopic (exact) mass is 302 g/mol. The van der Waals surface area contributed by atoms with Gasteiger partial charge in [-0.05, 0) is 20.8 Å². The van der Waals surface area contributed by atoms with Gasteiger partial charge in [0.25, 0.3) is 0 Å². The van der Waals surface area contributed by atoms with E-state index >= 15 is 0 Å². The normalized spacial score (nSPS) is 11.0. The summed E-state index contributed by atoms with van der Waals surface area (Å²) in [5.41, 5.74) is 3.16. The van der Waals surface area contributed by atoms with E-state index in [1.54, 1.807) is 19.3 Å². The lowest BCUT2D eigenvalue weighted by Crippen LogP contribution is -2.04. The molecule has 0 aliphatic carbocycles. The predicted octanol–water partition coefficient (Wildman–Crippen LogP) is 2.65. The van der Waals surface area contributed by atoms with Crippen molar-refractivity contribution in [2.45, 2.75) is 20.8 Å². The highest BCUT2D eigenvalue weighted by atomic mass is 32.1. The molecule has 0 spiro atoms. The van der Waals surface area contributed by atoms with E-state index in [2.05, 4.69) is 15.0 Å². The van der Waals surface area contributed by atoms with Crippen molar-refractivity contribution in [1.29, 1.82) is 0 Å². The van der Waals surface area contributed by atoms with E-state index in [1.165, 1.54) is 11.3 Å². The van der Waals surface area contributed by atoms with Crippen LogP contribution in [0.3, 0.4) is 0 Å². The van der Waals surface area contributed by atoms with Gasteiger partial charge < -0.3 is 4.74 Å². The number of aryl methyl sites for hydroxylation is 2. The lowest BCUT2D eigenvalue weighted by atomic mass is 10.2. The Morgan fingerprint density at radius 2 is 2.10 bits per heavy atom. The smallest absolute Gasteiger partial charge is 0.350 e. The van der Waals surface area contributed by atoms with Gasteiger partial charge in [0.1, 0.15) is 16.3 Å². The van der Waals surface area contributed by atoms with Crippen LogP contribution in [-0.4, -0.2) is 31.9 Å². The maximum atomic E-state index is 11.9. The maximum absolute atomic E-state index is 11.9. The molecule has 3 heterocycles. The first-order valence-corrected chi connectivity index (χ1v) is 7.37. The van der Waals surface area contributed by atoms with E-state index < -0.39 is 0 Å². The molecule has 0 saturated carbocycles. The standard InChI is InChI=1S/C14H14N4O2S/c1-4-20-13(19)12-9(3)18-7-10(17-14(18)21-12)11-8(2)15-5-6-16-11/h5-7H,4H2,1-3H3. The fourth-order valence-corrected chi connectivity index (χ4v) is 3.11. The molecule has 21 heavy (non-hydrogen) atoms. The third kappa shape index (κ3) is 2.29. The van der Waals surface area contributed by atoms with Crippen LogP contribution in [0.15, 0.2) is 18.6 Å². The fraction of sp³-hybridized carbons (Fsp3) is 0.286. The SMILES string of the molecule is CCOC(=O)c1sc2nc(-c3nccnc3C)cn2c1C. The molecule has 0 amide bonds. The Labute approximate surface area is 125 Å². The summed E-state index contributed by atoms with van der Waals surface area (Å²) in [4.78, 5) is 26.3. The van der Waals surface area contributed by atoms with Gasteiger partial charge in [0.15, 0.2) is 4.96 Å². The highest BCUT2D eigenvalue weighted by Gasteiger charge is 2.19. The lowest BCUT2D eigenvalue weighted by molar-refractivity contribution is 0.0531. The Balaban J connectivity index is 2.07. The quantitative estimate of drug-likeness (QED) is 0.696. The first-order valence-electron chi connectivity index (χ1n) is 6.55. The Morgan fingerprint density at radius 1 is 1.33 bits per heavy atom. The van der Waals surface area contributed by atoms with Crippen LogP contribution in [-0.2, 0) is 4.74 Å². The summed E-state index contributed by atoms with van der Waals surface area (Å²) in [6.07, 6.45) is 5.18. The average Bonchev–Trinajstić information content (AvgIpc) is 3.00. The molecule has 0 N–H and O–H groups in total. The van der Waals surface area contributed by atoms with Crippen LogP contribution >= 0.6 is 11.3 Å². The molecule has 0 radical (unpaired) electrons. The number of hydrogen-bond donors (Lipinski definition) is 0. The van der Waals surface area contributed by atoms with E-state index in [1.807, 2.05) is 24.4 Å². The summed E-state index contributed by atoms with van der Waals surface area (Å²) in [7, 11) is 0. The number of carbonyl (C=O) groups excluding carboxylic acids is 1. The van der Waals surface area contributed by atoms with Gasteiger partial charge in [-0.15, -0.1) is 0 Å². The van der Waals surface area contributed by atoms with Crippen LogP contribution in [0.2, 0.25) is 0 Å². The molecule has 7 heteroatoms. The topological polar surface area (TPSA) is 69.4 Å². The first-order chi connectivity index (χ1) is 10.1. The molecule has 3 rings (SSSR count). The van der Waals surface area contributed by atoms with Crippen molar-refractivity contribution in [3.63, 3.8) is 0 Å². The number of imidazole rings is 1. The molecule has 0 aromatic carbocycles. The number of nitrogens with zero attached hydrogens (tertiary/aromatic N) is 4. The molecule has 0 fully saturated rings. The summed E-state index contributed by atoms with van der Waals surface area (Å²) < 4.78 is 6.94. The van der Waals surface area contributed by atoms with Gasteiger partial charge in [-0.3, -0.25) is 14.4 Å². The number of rotatable bonds is 3. The zero-order chi connectivity index (χ0) is 15.0. The molecule has 3 aromatic heterocycles. The summed E-state index contributed by atoms with van der Waals surface area (Å²) >= 11 is 1.32. The largest absolute Gasteiger partial charge is 0.462 e. The van der Waals surface area contributed by atoms with E-state index in [-0.39, 0.29) is 5.97 Å².